The van der Waals surface area contributed by atoms with E-state index >= 15 is 0 Å². The number of carbonyl (C=O) groups excluding carboxylic acids is 1. The highest BCUT2D eigenvalue weighted by atomic mass is 19.1. The van der Waals surface area contributed by atoms with Crippen molar-refractivity contribution >= 4 is 5.91 Å². The van der Waals surface area contributed by atoms with E-state index < -0.39 is 0 Å². The molecule has 1 N–H and O–H groups in total. The third-order valence-electron chi connectivity index (χ3n) is 3.06. The second-order valence-electron chi connectivity index (χ2n) is 4.58. The minimum absolute atomic E-state index is 0.0657. The third kappa shape index (κ3) is 2.67. The highest BCUT2D eigenvalue weighted by molar-refractivity contribution is 5.78. The van der Waals surface area contributed by atoms with E-state index in [-0.39, 0.29) is 24.4 Å². The highest BCUT2D eigenvalue weighted by Gasteiger charge is 2.20. The van der Waals surface area contributed by atoms with Gasteiger partial charge in [0, 0.05) is 0 Å². The van der Waals surface area contributed by atoms with Crippen molar-refractivity contribution in [3.05, 3.63) is 42.0 Å². The molecule has 0 radical (unpaired) electrons. The van der Waals surface area contributed by atoms with Crippen LogP contribution in [0.2, 0.25) is 0 Å². The molecule has 0 bridgehead atoms. The topological polar surface area (TPSA) is 69.0 Å². The normalized spacial score (nSPS) is 18.9. The molecule has 0 saturated carbocycles. The first-order chi connectivity index (χ1) is 9.72. The van der Waals surface area contributed by atoms with E-state index in [0.29, 0.717) is 24.3 Å². The number of nitrogens with zero attached hydrogens (tertiary/aromatic N) is 3. The van der Waals surface area contributed by atoms with Crippen LogP contribution < -0.4 is 5.32 Å². The second kappa shape index (κ2) is 5.38. The molecule has 1 atom stereocenters. The number of benzene rings is 1. The Morgan fingerprint density at radius 2 is 2.20 bits per heavy atom. The van der Waals surface area contributed by atoms with Gasteiger partial charge in [0.25, 0.3) is 0 Å². The number of carbonyl (C=O) groups is 1. The molecule has 1 fully saturated rings. The lowest BCUT2D eigenvalue weighted by Crippen LogP contribution is -2.46. The maximum absolute atomic E-state index is 13.9. The van der Waals surface area contributed by atoms with E-state index in [1.807, 2.05) is 0 Å². The largest absolute Gasteiger partial charge is 0.369 e. The molecule has 1 aromatic heterocycles. The predicted octanol–water partition coefficient (Wildman–Crippen LogP) is 0.464. The number of nitrogens with one attached hydrogen (secondary N) is 1. The van der Waals surface area contributed by atoms with Crippen molar-refractivity contribution in [3.8, 4) is 5.69 Å². The molecule has 2 aromatic rings. The lowest BCUT2D eigenvalue weighted by Gasteiger charge is -2.23. The van der Waals surface area contributed by atoms with Crippen LogP contribution in [0.1, 0.15) is 5.56 Å². The van der Waals surface area contributed by atoms with Crippen LogP contribution in [0, 0.1) is 5.82 Å². The Hall–Kier alpha value is -2.28. The van der Waals surface area contributed by atoms with Gasteiger partial charge in [-0.1, -0.05) is 0 Å². The van der Waals surface area contributed by atoms with Crippen LogP contribution in [0.25, 0.3) is 5.69 Å². The summed E-state index contributed by atoms with van der Waals surface area (Å²) in [5.41, 5.74) is 1.17. The van der Waals surface area contributed by atoms with Crippen molar-refractivity contribution in [3.63, 3.8) is 0 Å². The van der Waals surface area contributed by atoms with E-state index in [4.69, 9.17) is 4.74 Å². The monoisotopic (exact) mass is 276 g/mol. The summed E-state index contributed by atoms with van der Waals surface area (Å²) in [6.45, 7) is 0.450. The van der Waals surface area contributed by atoms with Gasteiger partial charge in [0.05, 0.1) is 30.7 Å². The van der Waals surface area contributed by atoms with Crippen molar-refractivity contribution in [1.29, 1.82) is 0 Å². The molecule has 104 valence electrons. The minimum Gasteiger partial charge on any atom is -0.369 e. The molecule has 6 nitrogen and oxygen atoms in total. The summed E-state index contributed by atoms with van der Waals surface area (Å²) in [7, 11) is 0. The van der Waals surface area contributed by atoms with Crippen LogP contribution >= 0.6 is 0 Å². The molecule has 0 spiro atoms. The van der Waals surface area contributed by atoms with Crippen LogP contribution in [-0.2, 0) is 16.0 Å². The van der Waals surface area contributed by atoms with Crippen molar-refractivity contribution in [2.24, 2.45) is 0 Å². The van der Waals surface area contributed by atoms with E-state index in [1.165, 1.54) is 10.9 Å². The third-order valence-corrected chi connectivity index (χ3v) is 3.06. The predicted molar refractivity (Wildman–Crippen MR) is 67.8 cm³/mol. The second-order valence-corrected chi connectivity index (χ2v) is 4.58. The van der Waals surface area contributed by atoms with Crippen LogP contribution in [0.5, 0.6) is 0 Å². The minimum atomic E-state index is -0.319. The number of amides is 1. The lowest BCUT2D eigenvalue weighted by atomic mass is 10.0. The molecule has 1 amide bonds. The fraction of sp³-hybridized carbons (Fsp3) is 0.308. The van der Waals surface area contributed by atoms with Gasteiger partial charge in [0.1, 0.15) is 12.4 Å². The molecule has 1 aliphatic rings. The van der Waals surface area contributed by atoms with Gasteiger partial charge in [-0.2, -0.15) is 15.0 Å². The van der Waals surface area contributed by atoms with Crippen LogP contribution in [0.4, 0.5) is 4.39 Å². The number of halogens is 1. The number of morpholine rings is 1. The van der Waals surface area contributed by atoms with E-state index in [0.717, 1.165) is 0 Å². The molecular weight excluding hydrogens is 263 g/mol. The summed E-state index contributed by atoms with van der Waals surface area (Å²) < 4.78 is 19.0. The van der Waals surface area contributed by atoms with E-state index in [1.54, 1.807) is 24.5 Å². The lowest BCUT2D eigenvalue weighted by molar-refractivity contribution is -0.131. The number of hydrogen-bond donors (Lipinski definition) is 1. The fourth-order valence-electron chi connectivity index (χ4n) is 2.17. The van der Waals surface area contributed by atoms with Gasteiger partial charge in [0.2, 0.25) is 5.91 Å². The van der Waals surface area contributed by atoms with Crippen LogP contribution in [-0.4, -0.2) is 40.2 Å². The van der Waals surface area contributed by atoms with Crippen LogP contribution in [0.3, 0.4) is 0 Å². The van der Waals surface area contributed by atoms with Gasteiger partial charge in [-0.05, 0) is 30.2 Å². The summed E-state index contributed by atoms with van der Waals surface area (Å²) in [5, 5.41) is 10.8. The maximum atomic E-state index is 13.9. The van der Waals surface area contributed by atoms with Crippen molar-refractivity contribution in [2.45, 2.75) is 12.5 Å². The number of aromatic nitrogens is 3. The van der Waals surface area contributed by atoms with Crippen molar-refractivity contribution in [1.82, 2.24) is 20.3 Å². The standard InChI is InChI=1S/C13H13FN4O2/c14-12-2-1-11(18-15-3-4-16-18)6-9(12)5-10-7-20-8-13(19)17-10/h1-4,6,10H,5,7-8H2,(H,17,19). The zero-order chi connectivity index (χ0) is 13.9. The Morgan fingerprint density at radius 3 is 2.95 bits per heavy atom. The molecule has 1 unspecified atom stereocenters. The molecule has 7 heteroatoms. The Labute approximate surface area is 114 Å². The summed E-state index contributed by atoms with van der Waals surface area (Å²) in [5.74, 6) is -0.493. The highest BCUT2D eigenvalue weighted by Crippen LogP contribution is 2.15. The summed E-state index contributed by atoms with van der Waals surface area (Å²) >= 11 is 0. The molecule has 3 rings (SSSR count). The molecule has 0 aliphatic carbocycles. The van der Waals surface area contributed by atoms with Gasteiger partial charge >= 0.3 is 0 Å². The number of hydrogen-bond acceptors (Lipinski definition) is 4. The Bertz CT molecular complexity index is 615. The summed E-state index contributed by atoms with van der Waals surface area (Å²) in [4.78, 5) is 12.7. The molecule has 1 saturated heterocycles. The van der Waals surface area contributed by atoms with Crippen molar-refractivity contribution in [2.75, 3.05) is 13.2 Å². The van der Waals surface area contributed by atoms with E-state index in [2.05, 4.69) is 15.5 Å². The Morgan fingerprint density at radius 1 is 1.40 bits per heavy atom. The SMILES string of the molecule is O=C1COCC(Cc2cc(-n3nccn3)ccc2F)N1. The fourth-order valence-corrected chi connectivity index (χ4v) is 2.17. The molecule has 20 heavy (non-hydrogen) atoms. The van der Waals surface area contributed by atoms with Crippen molar-refractivity contribution < 1.29 is 13.9 Å². The van der Waals surface area contributed by atoms with Gasteiger partial charge in [-0.3, -0.25) is 4.79 Å². The first kappa shape index (κ1) is 12.7. The Balaban J connectivity index is 1.81. The smallest absolute Gasteiger partial charge is 0.246 e. The first-order valence-electron chi connectivity index (χ1n) is 6.24. The van der Waals surface area contributed by atoms with Crippen LogP contribution in [0.15, 0.2) is 30.6 Å². The van der Waals surface area contributed by atoms with Gasteiger partial charge in [-0.25, -0.2) is 4.39 Å². The number of rotatable bonds is 3. The van der Waals surface area contributed by atoms with Gasteiger partial charge < -0.3 is 10.1 Å². The zero-order valence-electron chi connectivity index (χ0n) is 10.6. The summed E-state index contributed by atoms with van der Waals surface area (Å²) in [6.07, 6.45) is 3.48. The maximum Gasteiger partial charge on any atom is 0.246 e. The zero-order valence-corrected chi connectivity index (χ0v) is 10.6. The average molecular weight is 276 g/mol. The molecular formula is C13H13FN4O2. The first-order valence-corrected chi connectivity index (χ1v) is 6.24. The van der Waals surface area contributed by atoms with Gasteiger partial charge in [-0.15, -0.1) is 0 Å². The number of ether oxygens (including phenoxy) is 1. The van der Waals surface area contributed by atoms with E-state index in [9.17, 15) is 9.18 Å². The summed E-state index contributed by atoms with van der Waals surface area (Å²) in [6, 6.07) is 4.44. The molecule has 1 aromatic carbocycles. The quantitative estimate of drug-likeness (QED) is 0.884. The Kier molecular flexibility index (Phi) is 3.42. The average Bonchev–Trinajstić information content (AvgIpc) is 2.95. The van der Waals surface area contributed by atoms with Gasteiger partial charge in [0.15, 0.2) is 0 Å². The molecule has 2 heterocycles. The molecule has 1 aliphatic heterocycles.